The number of hydrogen-bond acceptors (Lipinski definition) is 5. The number of nitrogens with zero attached hydrogens (tertiary/aromatic N) is 2. The summed E-state index contributed by atoms with van der Waals surface area (Å²) in [5.41, 5.74) is 1.09. The summed E-state index contributed by atoms with van der Waals surface area (Å²) < 4.78 is 19.8. The molecule has 0 radical (unpaired) electrons. The van der Waals surface area contributed by atoms with Crippen LogP contribution in [0.25, 0.3) is 0 Å². The van der Waals surface area contributed by atoms with E-state index >= 15 is 0 Å². The highest BCUT2D eigenvalue weighted by Gasteiger charge is 2.15. The first-order chi connectivity index (χ1) is 14.5. The Kier molecular flexibility index (Phi) is 6.35. The average Bonchev–Trinajstić information content (AvgIpc) is 2.73. The number of hydrogen-bond donors (Lipinski definition) is 2. The molecule has 0 aliphatic carbocycles. The lowest BCUT2D eigenvalue weighted by Crippen LogP contribution is -2.24. The number of carbonyl (C=O) groups excluding carboxylic acids is 1. The van der Waals surface area contributed by atoms with Crippen LogP contribution in [0.15, 0.2) is 60.8 Å². The molecule has 0 saturated heterocycles. The number of benzene rings is 2. The van der Waals surface area contributed by atoms with Gasteiger partial charge in [0.15, 0.2) is 0 Å². The molecule has 1 aromatic heterocycles. The van der Waals surface area contributed by atoms with Gasteiger partial charge in [-0.3, -0.25) is 9.59 Å². The average molecular weight is 405 g/mol. The maximum atomic E-state index is 14.2. The van der Waals surface area contributed by atoms with E-state index in [1.165, 1.54) is 30.5 Å². The monoisotopic (exact) mass is 405 g/mol. The van der Waals surface area contributed by atoms with Crippen molar-refractivity contribution >= 4 is 11.9 Å². The van der Waals surface area contributed by atoms with E-state index in [0.29, 0.717) is 16.9 Å². The smallest absolute Gasteiger partial charge is 0.307 e. The van der Waals surface area contributed by atoms with Gasteiger partial charge in [-0.1, -0.05) is 18.2 Å². The molecule has 1 amide bonds. The second kappa shape index (κ2) is 9.30. The molecule has 1 heterocycles. The first-order valence-electron chi connectivity index (χ1n) is 8.86. The van der Waals surface area contributed by atoms with Crippen molar-refractivity contribution in [2.45, 2.75) is 13.0 Å². The number of carbonyl (C=O) groups is 2. The molecule has 0 aliphatic rings. The predicted octanol–water partition coefficient (Wildman–Crippen LogP) is 3.44. The van der Waals surface area contributed by atoms with Crippen LogP contribution in [0.2, 0.25) is 0 Å². The van der Waals surface area contributed by atoms with E-state index in [4.69, 9.17) is 15.1 Å². The van der Waals surface area contributed by atoms with E-state index in [0.717, 1.165) is 6.07 Å². The molecule has 0 unspecified atom stereocenters. The minimum absolute atomic E-state index is 0.0439. The second-order valence-corrected chi connectivity index (χ2v) is 6.28. The van der Waals surface area contributed by atoms with Crippen molar-refractivity contribution in [1.29, 1.82) is 5.26 Å². The molecule has 30 heavy (non-hydrogen) atoms. The van der Waals surface area contributed by atoms with Crippen LogP contribution in [0.4, 0.5) is 4.39 Å². The van der Waals surface area contributed by atoms with Gasteiger partial charge in [-0.05, 0) is 42.0 Å². The zero-order valence-electron chi connectivity index (χ0n) is 15.6. The molecule has 7 nitrogen and oxygen atoms in total. The molecule has 0 fully saturated rings. The third kappa shape index (κ3) is 5.17. The van der Waals surface area contributed by atoms with E-state index in [2.05, 4.69) is 10.3 Å². The number of nitriles is 1. The number of carboxylic acids is 1. The number of aromatic nitrogens is 1. The maximum Gasteiger partial charge on any atom is 0.307 e. The zero-order chi connectivity index (χ0) is 21.5. The molecular formula is C22H16FN3O4. The Balaban J connectivity index is 1.72. The highest BCUT2D eigenvalue weighted by Crippen LogP contribution is 2.23. The van der Waals surface area contributed by atoms with Gasteiger partial charge < -0.3 is 15.2 Å². The number of halogens is 1. The van der Waals surface area contributed by atoms with E-state index < -0.39 is 17.7 Å². The summed E-state index contributed by atoms with van der Waals surface area (Å²) in [6, 6.07) is 15.6. The normalized spacial score (nSPS) is 10.1. The third-order valence-electron chi connectivity index (χ3n) is 4.11. The molecule has 0 atom stereocenters. The lowest BCUT2D eigenvalue weighted by Gasteiger charge is -2.11. The van der Waals surface area contributed by atoms with Gasteiger partial charge in [0.1, 0.15) is 17.1 Å². The molecule has 2 aromatic carbocycles. The number of aliphatic carboxylic acids is 1. The minimum Gasteiger partial charge on any atom is -0.481 e. The molecule has 3 rings (SSSR count). The maximum absolute atomic E-state index is 14.2. The highest BCUT2D eigenvalue weighted by atomic mass is 19.1. The van der Waals surface area contributed by atoms with Gasteiger partial charge >= 0.3 is 5.97 Å². The molecule has 0 aliphatic heterocycles. The van der Waals surface area contributed by atoms with Crippen molar-refractivity contribution in [3.8, 4) is 17.7 Å². The van der Waals surface area contributed by atoms with Crippen LogP contribution in [0.1, 0.15) is 27.0 Å². The topological polar surface area (TPSA) is 112 Å². The van der Waals surface area contributed by atoms with Gasteiger partial charge in [0, 0.05) is 18.3 Å². The highest BCUT2D eigenvalue weighted by molar-refractivity contribution is 5.96. The number of carboxylic acid groups (broad SMARTS) is 1. The van der Waals surface area contributed by atoms with Gasteiger partial charge in [-0.2, -0.15) is 5.26 Å². The Morgan fingerprint density at radius 2 is 2.00 bits per heavy atom. The molecule has 2 N–H and O–H groups in total. The van der Waals surface area contributed by atoms with Crippen LogP contribution < -0.4 is 10.1 Å². The fourth-order valence-corrected chi connectivity index (χ4v) is 2.68. The van der Waals surface area contributed by atoms with E-state index in [9.17, 15) is 14.0 Å². The fourth-order valence-electron chi connectivity index (χ4n) is 2.68. The van der Waals surface area contributed by atoms with Crippen molar-refractivity contribution in [3.05, 3.63) is 88.9 Å². The van der Waals surface area contributed by atoms with E-state index in [1.807, 2.05) is 6.07 Å². The fraction of sp³-hybridized carbons (Fsp3) is 0.0909. The van der Waals surface area contributed by atoms with Gasteiger partial charge in [-0.15, -0.1) is 0 Å². The van der Waals surface area contributed by atoms with Crippen LogP contribution in [0, 0.1) is 17.1 Å². The van der Waals surface area contributed by atoms with Crippen LogP contribution in [-0.4, -0.2) is 22.0 Å². The summed E-state index contributed by atoms with van der Waals surface area (Å²) in [7, 11) is 0. The largest absolute Gasteiger partial charge is 0.481 e. The Hall–Kier alpha value is -4.25. The molecule has 150 valence electrons. The van der Waals surface area contributed by atoms with Gasteiger partial charge in [0.05, 0.1) is 18.1 Å². The van der Waals surface area contributed by atoms with Crippen LogP contribution in [0.5, 0.6) is 11.6 Å². The van der Waals surface area contributed by atoms with Gasteiger partial charge in [0.25, 0.3) is 5.91 Å². The second-order valence-electron chi connectivity index (χ2n) is 6.28. The number of pyridine rings is 1. The predicted molar refractivity (Wildman–Crippen MR) is 104 cm³/mol. The number of rotatable bonds is 7. The lowest BCUT2D eigenvalue weighted by molar-refractivity contribution is -0.136. The SMILES string of the molecule is N#Cc1cccc(Oc2ncccc2C(=O)NCc2ccc(CC(=O)O)cc2F)c1. The molecular weight excluding hydrogens is 389 g/mol. The van der Waals surface area contributed by atoms with Crippen LogP contribution in [0.3, 0.4) is 0 Å². The third-order valence-corrected chi connectivity index (χ3v) is 4.11. The Morgan fingerprint density at radius 1 is 1.17 bits per heavy atom. The van der Waals surface area contributed by atoms with Gasteiger partial charge in [-0.25, -0.2) is 9.37 Å². The summed E-state index contributed by atoms with van der Waals surface area (Å²) >= 11 is 0. The number of ether oxygens (including phenoxy) is 1. The Labute approximate surface area is 171 Å². The van der Waals surface area contributed by atoms with Crippen molar-refractivity contribution in [1.82, 2.24) is 10.3 Å². The first-order valence-corrected chi connectivity index (χ1v) is 8.86. The summed E-state index contributed by atoms with van der Waals surface area (Å²) in [4.78, 5) is 27.4. The first kappa shape index (κ1) is 20.5. The standard InChI is InChI=1S/C22H16FN3O4/c23-19-10-14(11-20(27)28)6-7-16(19)13-26-21(29)18-5-2-8-25-22(18)30-17-4-1-3-15(9-17)12-24/h1-10H,11,13H2,(H,26,29)(H,27,28). The zero-order valence-corrected chi connectivity index (χ0v) is 15.6. The molecule has 3 aromatic rings. The minimum atomic E-state index is -1.06. The van der Waals surface area contributed by atoms with Crippen molar-refractivity contribution in [2.75, 3.05) is 0 Å². The Morgan fingerprint density at radius 3 is 2.73 bits per heavy atom. The molecule has 0 bridgehead atoms. The van der Waals surface area contributed by atoms with E-state index in [-0.39, 0.29) is 30.0 Å². The van der Waals surface area contributed by atoms with Crippen LogP contribution >= 0.6 is 0 Å². The molecule has 8 heteroatoms. The molecule has 0 saturated carbocycles. The number of nitrogens with one attached hydrogen (secondary N) is 1. The van der Waals surface area contributed by atoms with Gasteiger partial charge in [0.2, 0.25) is 5.88 Å². The summed E-state index contributed by atoms with van der Waals surface area (Å²) in [5.74, 6) is -1.79. The summed E-state index contributed by atoms with van der Waals surface area (Å²) in [5, 5.41) is 20.4. The number of amides is 1. The summed E-state index contributed by atoms with van der Waals surface area (Å²) in [6.07, 6.45) is 1.17. The van der Waals surface area contributed by atoms with E-state index in [1.54, 1.807) is 24.3 Å². The van der Waals surface area contributed by atoms with Crippen molar-refractivity contribution in [2.24, 2.45) is 0 Å². The van der Waals surface area contributed by atoms with Crippen molar-refractivity contribution in [3.63, 3.8) is 0 Å². The van der Waals surface area contributed by atoms with Crippen molar-refractivity contribution < 1.29 is 23.8 Å². The summed E-state index contributed by atoms with van der Waals surface area (Å²) in [6.45, 7) is -0.101. The quantitative estimate of drug-likeness (QED) is 0.623. The Bertz CT molecular complexity index is 1140. The lowest BCUT2D eigenvalue weighted by atomic mass is 10.1. The van der Waals surface area contributed by atoms with Crippen LogP contribution in [-0.2, 0) is 17.8 Å². The molecule has 0 spiro atoms.